The van der Waals surface area contributed by atoms with Crippen LogP contribution in [0.15, 0.2) is 42.5 Å². The zero-order valence-corrected chi connectivity index (χ0v) is 18.5. The summed E-state index contributed by atoms with van der Waals surface area (Å²) in [4.78, 5) is 15.4. The maximum Gasteiger partial charge on any atom is 0.422 e. The van der Waals surface area contributed by atoms with Crippen LogP contribution in [0.4, 0.5) is 26.3 Å². The van der Waals surface area contributed by atoms with Crippen molar-refractivity contribution in [3.05, 3.63) is 59.2 Å². The summed E-state index contributed by atoms with van der Waals surface area (Å²) in [6, 6.07) is 9.94. The second kappa shape index (κ2) is 9.73. The number of methoxy groups -OCH3 is 1. The Morgan fingerprint density at radius 1 is 1.09 bits per heavy atom. The molecule has 2 aromatic carbocycles. The number of rotatable bonds is 6. The molecule has 2 aromatic rings. The van der Waals surface area contributed by atoms with E-state index in [9.17, 15) is 31.1 Å². The van der Waals surface area contributed by atoms with E-state index in [1.165, 1.54) is 0 Å². The molecule has 0 bridgehead atoms. The van der Waals surface area contributed by atoms with Crippen molar-refractivity contribution in [1.29, 1.82) is 0 Å². The molecule has 1 fully saturated rings. The summed E-state index contributed by atoms with van der Waals surface area (Å²) < 4.78 is 88.1. The van der Waals surface area contributed by atoms with Gasteiger partial charge < -0.3 is 19.7 Å². The van der Waals surface area contributed by atoms with E-state index in [0.717, 1.165) is 19.2 Å². The third-order valence-electron chi connectivity index (χ3n) is 5.59. The molecule has 5 nitrogen and oxygen atoms in total. The molecule has 1 amide bonds. The van der Waals surface area contributed by atoms with Crippen LogP contribution >= 0.6 is 0 Å². The number of hydrogen-bond donors (Lipinski definition) is 1. The first-order valence-electron chi connectivity index (χ1n) is 10.4. The Bertz CT molecular complexity index is 1010. The van der Waals surface area contributed by atoms with Gasteiger partial charge in [-0.15, -0.1) is 0 Å². The summed E-state index contributed by atoms with van der Waals surface area (Å²) in [5.41, 5.74) is -1.99. The van der Waals surface area contributed by atoms with E-state index in [4.69, 9.17) is 4.74 Å². The Balaban J connectivity index is 2.08. The minimum Gasteiger partial charge on any atom is -0.496 e. The summed E-state index contributed by atoms with van der Waals surface area (Å²) >= 11 is 0. The average molecular weight is 490 g/mol. The van der Waals surface area contributed by atoms with Gasteiger partial charge in [-0.2, -0.15) is 26.3 Å². The molecule has 0 aliphatic carbocycles. The number of amides is 1. The average Bonchev–Trinajstić information content (AvgIpc) is 2.76. The maximum absolute atomic E-state index is 13.4. The molecular weight excluding hydrogens is 466 g/mol. The Labute approximate surface area is 192 Å². The van der Waals surface area contributed by atoms with Crippen molar-refractivity contribution in [1.82, 2.24) is 10.2 Å². The highest BCUT2D eigenvalue weighted by atomic mass is 19.4. The lowest BCUT2D eigenvalue weighted by Crippen LogP contribution is -2.55. The van der Waals surface area contributed by atoms with Crippen molar-refractivity contribution < 1.29 is 40.6 Å². The molecular formula is C23H24F6N2O3. The molecule has 0 radical (unpaired) electrons. The van der Waals surface area contributed by atoms with Gasteiger partial charge in [-0.05, 0) is 44.1 Å². The number of likely N-dealkylation sites (tertiary alicyclic amines) is 1. The predicted octanol–water partition coefficient (Wildman–Crippen LogP) is 5.01. The fraction of sp³-hybridized carbons (Fsp3) is 0.435. The topological polar surface area (TPSA) is 50.8 Å². The maximum atomic E-state index is 13.4. The molecule has 0 spiro atoms. The number of carbonyl (C=O) groups excluding carboxylic acids is 1. The lowest BCUT2D eigenvalue weighted by molar-refractivity contribution is -0.153. The van der Waals surface area contributed by atoms with E-state index in [0.29, 0.717) is 31.5 Å². The van der Waals surface area contributed by atoms with Gasteiger partial charge in [0, 0.05) is 6.54 Å². The fourth-order valence-corrected chi connectivity index (χ4v) is 4.13. The smallest absolute Gasteiger partial charge is 0.422 e. The Morgan fingerprint density at radius 2 is 1.74 bits per heavy atom. The minimum absolute atomic E-state index is 0.380. The molecule has 1 unspecified atom stereocenters. The molecule has 186 valence electrons. The van der Waals surface area contributed by atoms with Gasteiger partial charge in [-0.3, -0.25) is 4.79 Å². The number of hydrogen-bond acceptors (Lipinski definition) is 4. The normalized spacial score (nSPS) is 19.5. The van der Waals surface area contributed by atoms with Crippen LogP contribution in [0.25, 0.3) is 0 Å². The van der Waals surface area contributed by atoms with E-state index < -0.39 is 53.0 Å². The van der Waals surface area contributed by atoms with E-state index in [1.807, 2.05) is 24.1 Å². The Kier molecular flexibility index (Phi) is 7.35. The van der Waals surface area contributed by atoms with Gasteiger partial charge in [0.2, 0.25) is 0 Å². The van der Waals surface area contributed by atoms with Crippen LogP contribution in [0.1, 0.15) is 34.3 Å². The third-order valence-corrected chi connectivity index (χ3v) is 5.59. The number of nitrogens with zero attached hydrogens (tertiary/aromatic N) is 1. The van der Waals surface area contributed by atoms with Crippen LogP contribution in [0.3, 0.4) is 0 Å². The highest BCUT2D eigenvalue weighted by Gasteiger charge is 2.40. The van der Waals surface area contributed by atoms with Crippen LogP contribution in [-0.4, -0.2) is 50.8 Å². The van der Waals surface area contributed by atoms with Crippen LogP contribution in [-0.2, 0) is 11.7 Å². The van der Waals surface area contributed by atoms with Gasteiger partial charge in [-0.1, -0.05) is 30.3 Å². The van der Waals surface area contributed by atoms with Crippen molar-refractivity contribution in [3.8, 4) is 11.5 Å². The first-order valence-corrected chi connectivity index (χ1v) is 10.4. The van der Waals surface area contributed by atoms with Gasteiger partial charge in [0.05, 0.1) is 18.2 Å². The van der Waals surface area contributed by atoms with Crippen molar-refractivity contribution in [3.63, 3.8) is 0 Å². The molecule has 1 N–H and O–H groups in total. The Morgan fingerprint density at radius 3 is 2.29 bits per heavy atom. The Hall–Kier alpha value is -2.95. The third kappa shape index (κ3) is 5.94. The lowest BCUT2D eigenvalue weighted by atomic mass is 9.82. The number of nitrogens with one attached hydrogen (secondary N) is 1. The minimum atomic E-state index is -4.89. The predicted molar refractivity (Wildman–Crippen MR) is 112 cm³/mol. The first-order chi connectivity index (χ1) is 15.8. The molecule has 3 rings (SSSR count). The summed E-state index contributed by atoms with van der Waals surface area (Å²) in [6.07, 6.45) is -8.48. The molecule has 1 heterocycles. The number of likely N-dealkylation sites (N-methyl/N-ethyl adjacent to an activating group) is 1. The lowest BCUT2D eigenvalue weighted by Gasteiger charge is -2.42. The second-order valence-electron chi connectivity index (χ2n) is 8.20. The molecule has 0 saturated carbocycles. The van der Waals surface area contributed by atoms with E-state index in [2.05, 4.69) is 10.1 Å². The largest absolute Gasteiger partial charge is 0.496 e. The number of benzene rings is 2. The molecule has 1 saturated heterocycles. The highest BCUT2D eigenvalue weighted by molar-refractivity contribution is 6.00. The van der Waals surface area contributed by atoms with Crippen molar-refractivity contribution in [2.24, 2.45) is 0 Å². The molecule has 1 aliphatic heterocycles. The van der Waals surface area contributed by atoms with Gasteiger partial charge >= 0.3 is 12.4 Å². The zero-order valence-electron chi connectivity index (χ0n) is 18.5. The van der Waals surface area contributed by atoms with Crippen LogP contribution in [0.5, 0.6) is 11.5 Å². The highest BCUT2D eigenvalue weighted by Crippen LogP contribution is 2.40. The summed E-state index contributed by atoms with van der Waals surface area (Å²) in [6.45, 7) is -0.706. The van der Waals surface area contributed by atoms with Gasteiger partial charge in [0.15, 0.2) is 6.61 Å². The van der Waals surface area contributed by atoms with E-state index >= 15 is 0 Å². The quantitative estimate of drug-likeness (QED) is 0.579. The number of piperidine rings is 1. The summed E-state index contributed by atoms with van der Waals surface area (Å²) in [5.74, 6) is -2.31. The SMILES string of the molecule is COc1cc(C(F)(F)F)cc(OCC(F)(F)F)c1C(=O)NC1(c2ccccc2)CCCN(C)C1. The van der Waals surface area contributed by atoms with Crippen molar-refractivity contribution >= 4 is 5.91 Å². The van der Waals surface area contributed by atoms with Gasteiger partial charge in [-0.25, -0.2) is 0 Å². The number of halogens is 6. The fourth-order valence-electron chi connectivity index (χ4n) is 4.13. The van der Waals surface area contributed by atoms with E-state index in [-0.39, 0.29) is 0 Å². The zero-order chi connectivity index (χ0) is 25.1. The van der Waals surface area contributed by atoms with Crippen LogP contribution in [0.2, 0.25) is 0 Å². The van der Waals surface area contributed by atoms with Gasteiger partial charge in [0.1, 0.15) is 17.1 Å². The first kappa shape index (κ1) is 25.7. The standard InChI is InChI=1S/C23H24F6N2O3/c1-31-10-6-9-21(13-31,15-7-4-3-5-8-15)30-20(32)19-17(33-2)11-16(23(27,28)29)12-18(19)34-14-22(24,25)26/h3-5,7-8,11-12H,6,9-10,13-14H2,1-2H3,(H,30,32). The molecule has 1 aliphatic rings. The van der Waals surface area contributed by atoms with Crippen LogP contribution < -0.4 is 14.8 Å². The molecule has 0 aromatic heterocycles. The second-order valence-corrected chi connectivity index (χ2v) is 8.20. The molecule has 11 heteroatoms. The number of carbonyl (C=O) groups is 1. The van der Waals surface area contributed by atoms with E-state index in [1.54, 1.807) is 18.2 Å². The molecule has 1 atom stereocenters. The molecule has 34 heavy (non-hydrogen) atoms. The number of alkyl halides is 6. The van der Waals surface area contributed by atoms with Crippen LogP contribution in [0, 0.1) is 0 Å². The summed E-state index contributed by atoms with van der Waals surface area (Å²) in [7, 11) is 2.89. The van der Waals surface area contributed by atoms with Crippen molar-refractivity contribution in [2.45, 2.75) is 30.7 Å². The summed E-state index contributed by atoms with van der Waals surface area (Å²) in [5, 5.41) is 2.86. The van der Waals surface area contributed by atoms with Gasteiger partial charge in [0.25, 0.3) is 5.91 Å². The monoisotopic (exact) mass is 490 g/mol. The van der Waals surface area contributed by atoms with Crippen molar-refractivity contribution in [2.75, 3.05) is 33.9 Å². The number of ether oxygens (including phenoxy) is 2.